The monoisotopic (exact) mass is 497 g/mol. The highest BCUT2D eigenvalue weighted by atomic mass is 19.1. The van der Waals surface area contributed by atoms with Crippen molar-refractivity contribution in [1.29, 1.82) is 0 Å². The van der Waals surface area contributed by atoms with Crippen LogP contribution in [0.3, 0.4) is 0 Å². The molecule has 0 aliphatic heterocycles. The predicted molar refractivity (Wildman–Crippen MR) is 138 cm³/mol. The molecule has 1 amide bonds. The lowest BCUT2D eigenvalue weighted by molar-refractivity contribution is -0.133. The van der Waals surface area contributed by atoms with Crippen LogP contribution in [0.5, 0.6) is 0 Å². The van der Waals surface area contributed by atoms with Crippen LogP contribution in [0.15, 0.2) is 60.2 Å². The number of anilines is 1. The van der Waals surface area contributed by atoms with Gasteiger partial charge in [0.1, 0.15) is 5.82 Å². The zero-order valence-electron chi connectivity index (χ0n) is 21.1. The lowest BCUT2D eigenvalue weighted by Gasteiger charge is -2.38. The molecule has 2 aromatic rings. The molecular weight excluding hydrogens is 461 g/mol. The van der Waals surface area contributed by atoms with Crippen molar-refractivity contribution in [3.8, 4) is 0 Å². The average molecular weight is 498 g/mol. The Kier molecular flexibility index (Phi) is 10.0. The van der Waals surface area contributed by atoms with Gasteiger partial charge in [-0.25, -0.2) is 9.18 Å². The lowest BCUT2D eigenvalue weighted by Crippen LogP contribution is -2.58. The van der Waals surface area contributed by atoms with Crippen molar-refractivity contribution in [1.82, 2.24) is 10.6 Å². The molecule has 0 saturated carbocycles. The van der Waals surface area contributed by atoms with Crippen LogP contribution in [0.1, 0.15) is 51.2 Å². The molecule has 0 fully saturated rings. The highest BCUT2D eigenvalue weighted by molar-refractivity contribution is 5.87. The fourth-order valence-corrected chi connectivity index (χ4v) is 4.36. The largest absolute Gasteiger partial charge is 0.478 e. The number of ether oxygens (including phenoxy) is 1. The van der Waals surface area contributed by atoms with Crippen LogP contribution < -0.4 is 16.0 Å². The zero-order valence-corrected chi connectivity index (χ0v) is 21.1. The number of amides is 1. The highest BCUT2D eigenvalue weighted by Crippen LogP contribution is 2.25. The first-order valence-electron chi connectivity index (χ1n) is 12.5. The standard InChI is InChI=1S/C28H36FN3O4/c1-4-24(5-2)36-26-15-21(28(34)35)14-25(27(26)32-18(3)33)31-17-20-8-12-23(13-9-20)30-16-19-6-10-22(29)11-7-19/h6-13,15,24-27,30-31H,4-5,14,16-17H2,1-3H3,(H,32,33)(H,34,35)/t25-,26+,27+/m0/s1. The molecule has 8 heteroatoms. The molecule has 36 heavy (non-hydrogen) atoms. The van der Waals surface area contributed by atoms with E-state index < -0.39 is 12.1 Å². The number of halogens is 1. The Morgan fingerprint density at radius 1 is 1.03 bits per heavy atom. The summed E-state index contributed by atoms with van der Waals surface area (Å²) in [4.78, 5) is 23.8. The van der Waals surface area contributed by atoms with Gasteiger partial charge in [0.2, 0.25) is 5.91 Å². The third-order valence-electron chi connectivity index (χ3n) is 6.43. The minimum atomic E-state index is -0.974. The third kappa shape index (κ3) is 7.90. The first-order valence-corrected chi connectivity index (χ1v) is 12.5. The molecule has 0 aromatic heterocycles. The maximum atomic E-state index is 13.1. The molecule has 3 rings (SSSR count). The molecular formula is C28H36FN3O4. The van der Waals surface area contributed by atoms with Crippen LogP contribution in [0.25, 0.3) is 0 Å². The molecule has 3 atom stereocenters. The SMILES string of the molecule is CCC(CC)O[C@@H]1C=C(C(=O)O)C[C@H](NCc2ccc(NCc3ccc(F)cc3)cc2)[C@H]1NC(C)=O. The Labute approximate surface area is 212 Å². The van der Waals surface area contributed by atoms with Gasteiger partial charge in [0.25, 0.3) is 0 Å². The number of carbonyl (C=O) groups is 2. The third-order valence-corrected chi connectivity index (χ3v) is 6.43. The first-order chi connectivity index (χ1) is 17.3. The highest BCUT2D eigenvalue weighted by Gasteiger charge is 2.37. The number of rotatable bonds is 12. The molecule has 194 valence electrons. The van der Waals surface area contributed by atoms with Crippen LogP contribution in [0, 0.1) is 5.82 Å². The second kappa shape index (κ2) is 13.2. The van der Waals surface area contributed by atoms with E-state index >= 15 is 0 Å². The van der Waals surface area contributed by atoms with E-state index in [0.29, 0.717) is 13.1 Å². The minimum absolute atomic E-state index is 0.0220. The summed E-state index contributed by atoms with van der Waals surface area (Å²) in [6.45, 7) is 6.60. The fraction of sp³-hybridized carbons (Fsp3) is 0.429. The van der Waals surface area contributed by atoms with E-state index in [0.717, 1.165) is 29.7 Å². The molecule has 4 N–H and O–H groups in total. The maximum absolute atomic E-state index is 13.1. The summed E-state index contributed by atoms with van der Waals surface area (Å²) in [5, 5.41) is 19.4. The molecule has 0 spiro atoms. The van der Waals surface area contributed by atoms with Crippen LogP contribution in [0.2, 0.25) is 0 Å². The van der Waals surface area contributed by atoms with Gasteiger partial charge in [0, 0.05) is 37.3 Å². The molecule has 2 aromatic carbocycles. The van der Waals surface area contributed by atoms with E-state index in [1.165, 1.54) is 19.1 Å². The molecule has 1 aliphatic carbocycles. The van der Waals surface area contributed by atoms with Crippen molar-refractivity contribution >= 4 is 17.6 Å². The number of carboxylic acids is 1. The van der Waals surface area contributed by atoms with E-state index in [9.17, 15) is 19.1 Å². The quantitative estimate of drug-likeness (QED) is 0.347. The van der Waals surface area contributed by atoms with E-state index in [-0.39, 0.29) is 41.9 Å². The average Bonchev–Trinajstić information content (AvgIpc) is 2.87. The van der Waals surface area contributed by atoms with Gasteiger partial charge in [-0.3, -0.25) is 4.79 Å². The second-order valence-corrected chi connectivity index (χ2v) is 9.13. The van der Waals surface area contributed by atoms with Gasteiger partial charge in [-0.2, -0.15) is 0 Å². The second-order valence-electron chi connectivity index (χ2n) is 9.13. The van der Waals surface area contributed by atoms with Crippen LogP contribution in [0.4, 0.5) is 10.1 Å². The Hall–Kier alpha value is -3.23. The molecule has 1 aliphatic rings. The van der Waals surface area contributed by atoms with Crippen molar-refractivity contribution in [3.05, 3.63) is 77.1 Å². The topological polar surface area (TPSA) is 99.7 Å². The van der Waals surface area contributed by atoms with Gasteiger partial charge < -0.3 is 25.8 Å². The summed E-state index contributed by atoms with van der Waals surface area (Å²) < 4.78 is 19.3. The molecule has 0 radical (unpaired) electrons. The van der Waals surface area contributed by atoms with Crippen LogP contribution >= 0.6 is 0 Å². The Morgan fingerprint density at radius 2 is 1.64 bits per heavy atom. The Balaban J connectivity index is 1.66. The minimum Gasteiger partial charge on any atom is -0.478 e. The number of carboxylic acid groups (broad SMARTS) is 1. The lowest BCUT2D eigenvalue weighted by atomic mass is 9.87. The predicted octanol–water partition coefficient (Wildman–Crippen LogP) is 4.39. The molecule has 0 heterocycles. The summed E-state index contributed by atoms with van der Waals surface area (Å²) in [5.74, 6) is -1.42. The van der Waals surface area contributed by atoms with Gasteiger partial charge in [-0.05, 0) is 60.7 Å². The zero-order chi connectivity index (χ0) is 26.1. The van der Waals surface area contributed by atoms with Crippen LogP contribution in [-0.4, -0.2) is 41.3 Å². The number of hydrogen-bond donors (Lipinski definition) is 4. The van der Waals surface area contributed by atoms with Crippen molar-refractivity contribution in [2.75, 3.05) is 5.32 Å². The summed E-state index contributed by atoms with van der Waals surface area (Å²) in [7, 11) is 0. The van der Waals surface area contributed by atoms with Crippen molar-refractivity contribution < 1.29 is 23.8 Å². The number of nitrogens with one attached hydrogen (secondary N) is 3. The number of hydrogen-bond acceptors (Lipinski definition) is 5. The molecule has 0 saturated heterocycles. The van der Waals surface area contributed by atoms with E-state index in [4.69, 9.17) is 4.74 Å². The molecule has 7 nitrogen and oxygen atoms in total. The van der Waals surface area contributed by atoms with Crippen molar-refractivity contribution in [2.24, 2.45) is 0 Å². The molecule has 0 bridgehead atoms. The van der Waals surface area contributed by atoms with E-state index in [1.807, 2.05) is 38.1 Å². The fourth-order valence-electron chi connectivity index (χ4n) is 4.36. The van der Waals surface area contributed by atoms with Gasteiger partial charge in [-0.15, -0.1) is 0 Å². The normalized spacial score (nSPS) is 19.6. The van der Waals surface area contributed by atoms with Crippen molar-refractivity contribution in [3.63, 3.8) is 0 Å². The maximum Gasteiger partial charge on any atom is 0.331 e. The van der Waals surface area contributed by atoms with Crippen molar-refractivity contribution in [2.45, 2.75) is 77.4 Å². The Morgan fingerprint density at radius 3 is 2.22 bits per heavy atom. The van der Waals surface area contributed by atoms with E-state index in [2.05, 4.69) is 16.0 Å². The Bertz CT molecular complexity index is 1040. The number of aliphatic carboxylic acids is 1. The summed E-state index contributed by atoms with van der Waals surface area (Å²) in [6, 6.07) is 13.6. The van der Waals surface area contributed by atoms with Gasteiger partial charge in [-0.1, -0.05) is 38.1 Å². The van der Waals surface area contributed by atoms with E-state index in [1.54, 1.807) is 18.2 Å². The van der Waals surface area contributed by atoms with Gasteiger partial charge in [0.15, 0.2) is 0 Å². The van der Waals surface area contributed by atoms with Gasteiger partial charge >= 0.3 is 5.97 Å². The van der Waals surface area contributed by atoms with Gasteiger partial charge in [0.05, 0.1) is 18.2 Å². The smallest absolute Gasteiger partial charge is 0.331 e. The van der Waals surface area contributed by atoms with Crippen LogP contribution in [-0.2, 0) is 27.4 Å². The summed E-state index contributed by atoms with van der Waals surface area (Å²) in [5.41, 5.74) is 3.22. The number of carbonyl (C=O) groups excluding carboxylic acids is 1. The molecule has 0 unspecified atom stereocenters. The number of benzene rings is 2. The first kappa shape index (κ1) is 27.4. The summed E-state index contributed by atoms with van der Waals surface area (Å²) in [6.07, 6.45) is 2.97. The summed E-state index contributed by atoms with van der Waals surface area (Å²) >= 11 is 0.